The van der Waals surface area contributed by atoms with Gasteiger partial charge >= 0.3 is 6.18 Å². The van der Waals surface area contributed by atoms with Gasteiger partial charge < -0.3 is 5.32 Å². The normalized spacial score (nSPS) is 10.3. The van der Waals surface area contributed by atoms with Crippen LogP contribution >= 0.6 is 11.3 Å². The third kappa shape index (κ3) is 3.58. The lowest BCUT2D eigenvalue weighted by molar-refractivity contribution is -0.138. The van der Waals surface area contributed by atoms with Gasteiger partial charge in [-0.1, -0.05) is 25.2 Å². The Kier molecular flexibility index (Phi) is 4.68. The molecule has 0 aromatic carbocycles. The van der Waals surface area contributed by atoms with Crippen LogP contribution in [0.2, 0.25) is 0 Å². The van der Waals surface area contributed by atoms with Crippen LogP contribution in [0.5, 0.6) is 0 Å². The van der Waals surface area contributed by atoms with Crippen molar-refractivity contribution in [2.24, 2.45) is 0 Å². The summed E-state index contributed by atoms with van der Waals surface area (Å²) in [5.41, 5.74) is 0. The number of nitrogens with one attached hydrogen (secondary N) is 1. The minimum absolute atomic E-state index is 0.164. The van der Waals surface area contributed by atoms with Crippen molar-refractivity contribution in [3.63, 3.8) is 0 Å². The second-order valence-corrected chi connectivity index (χ2v) is 2.64. The Bertz CT molecular complexity index is 246. The molecule has 0 aliphatic rings. The van der Waals surface area contributed by atoms with E-state index in [1.807, 2.05) is 13.8 Å². The highest BCUT2D eigenvalue weighted by Crippen LogP contribution is 2.32. The number of nitrogens with zero attached hydrogens (tertiary/aromatic N) is 2. The molecule has 0 radical (unpaired) electrons. The molecule has 13 heavy (non-hydrogen) atoms. The number of hydrogen-bond donors (Lipinski definition) is 1. The van der Waals surface area contributed by atoms with Crippen molar-refractivity contribution in [3.05, 3.63) is 5.01 Å². The highest BCUT2D eigenvalue weighted by Gasteiger charge is 2.35. The fraction of sp³-hybridized carbons (Fsp3) is 0.667. The van der Waals surface area contributed by atoms with Gasteiger partial charge in [-0.05, 0) is 0 Å². The van der Waals surface area contributed by atoms with E-state index in [1.165, 1.54) is 7.05 Å². The Labute approximate surface area is 78.0 Å². The summed E-state index contributed by atoms with van der Waals surface area (Å²) in [5.74, 6) is 0. The molecular formula is C6H10F3N3S. The van der Waals surface area contributed by atoms with Crippen LogP contribution in [0, 0.1) is 0 Å². The summed E-state index contributed by atoms with van der Waals surface area (Å²) in [6.07, 6.45) is -4.38. The summed E-state index contributed by atoms with van der Waals surface area (Å²) in [4.78, 5) is 0. The van der Waals surface area contributed by atoms with E-state index in [9.17, 15) is 13.2 Å². The summed E-state index contributed by atoms with van der Waals surface area (Å²) in [6.45, 7) is 4.00. The molecule has 76 valence electrons. The molecule has 0 saturated carbocycles. The molecule has 0 aliphatic carbocycles. The van der Waals surface area contributed by atoms with Gasteiger partial charge in [-0.15, -0.1) is 10.2 Å². The molecule has 0 saturated heterocycles. The lowest BCUT2D eigenvalue weighted by Gasteiger charge is -1.97. The second kappa shape index (κ2) is 5.00. The summed E-state index contributed by atoms with van der Waals surface area (Å²) < 4.78 is 35.5. The second-order valence-electron chi connectivity index (χ2n) is 1.66. The van der Waals surface area contributed by atoms with Crippen molar-refractivity contribution in [1.29, 1.82) is 0 Å². The smallest absolute Gasteiger partial charge is 0.363 e. The fourth-order valence-electron chi connectivity index (χ4n) is 0.439. The Morgan fingerprint density at radius 1 is 1.23 bits per heavy atom. The lowest BCUT2D eigenvalue weighted by Crippen LogP contribution is -2.03. The summed E-state index contributed by atoms with van der Waals surface area (Å²) in [6, 6.07) is 0. The molecule has 0 spiro atoms. The zero-order valence-electron chi connectivity index (χ0n) is 7.44. The third-order valence-corrected chi connectivity index (χ3v) is 1.87. The first kappa shape index (κ1) is 12.2. The Balaban J connectivity index is 0.000000671. The van der Waals surface area contributed by atoms with Crippen molar-refractivity contribution < 1.29 is 13.2 Å². The monoisotopic (exact) mass is 213 g/mol. The summed E-state index contributed by atoms with van der Waals surface area (Å²) in [5, 5.41) is 7.88. The van der Waals surface area contributed by atoms with E-state index < -0.39 is 11.2 Å². The number of alkyl halides is 3. The van der Waals surface area contributed by atoms with Gasteiger partial charge in [0.05, 0.1) is 0 Å². The molecule has 0 bridgehead atoms. The fourth-order valence-corrected chi connectivity index (χ4v) is 1.00. The summed E-state index contributed by atoms with van der Waals surface area (Å²) >= 11 is 0.481. The van der Waals surface area contributed by atoms with E-state index in [0.717, 1.165) is 0 Å². The topological polar surface area (TPSA) is 37.8 Å². The largest absolute Gasteiger partial charge is 0.445 e. The molecular weight excluding hydrogens is 203 g/mol. The van der Waals surface area contributed by atoms with Gasteiger partial charge in [0, 0.05) is 7.05 Å². The van der Waals surface area contributed by atoms with Gasteiger partial charge in [-0.3, -0.25) is 0 Å². The molecule has 0 fully saturated rings. The van der Waals surface area contributed by atoms with Gasteiger partial charge in [0.1, 0.15) is 0 Å². The maximum Gasteiger partial charge on any atom is 0.445 e. The minimum atomic E-state index is -4.38. The van der Waals surface area contributed by atoms with Crippen molar-refractivity contribution in [2.75, 3.05) is 12.4 Å². The van der Waals surface area contributed by atoms with E-state index in [2.05, 4.69) is 15.5 Å². The maximum atomic E-state index is 11.8. The van der Waals surface area contributed by atoms with Crippen molar-refractivity contribution in [1.82, 2.24) is 10.2 Å². The third-order valence-electron chi connectivity index (χ3n) is 0.881. The average Bonchev–Trinajstić information content (AvgIpc) is 2.54. The van der Waals surface area contributed by atoms with Gasteiger partial charge in [0.15, 0.2) is 0 Å². The number of anilines is 1. The predicted octanol–water partition coefficient (Wildman–Crippen LogP) is 2.62. The van der Waals surface area contributed by atoms with Crippen LogP contribution in [0.25, 0.3) is 0 Å². The Hall–Kier alpha value is -0.850. The molecule has 0 unspecified atom stereocenters. The average molecular weight is 213 g/mol. The van der Waals surface area contributed by atoms with Crippen LogP contribution in [-0.2, 0) is 6.18 Å². The molecule has 1 heterocycles. The molecule has 1 N–H and O–H groups in total. The van der Waals surface area contributed by atoms with E-state index in [4.69, 9.17) is 0 Å². The van der Waals surface area contributed by atoms with E-state index in [1.54, 1.807) is 0 Å². The quantitative estimate of drug-likeness (QED) is 0.779. The van der Waals surface area contributed by atoms with Gasteiger partial charge in [0.25, 0.3) is 0 Å². The molecule has 1 aromatic rings. The molecule has 3 nitrogen and oxygen atoms in total. The van der Waals surface area contributed by atoms with Crippen LogP contribution in [0.1, 0.15) is 18.9 Å². The lowest BCUT2D eigenvalue weighted by atomic mass is 10.7. The first-order valence-corrected chi connectivity index (χ1v) is 4.44. The maximum absolute atomic E-state index is 11.8. The number of halogens is 3. The van der Waals surface area contributed by atoms with Crippen LogP contribution in [0.4, 0.5) is 18.3 Å². The first-order valence-electron chi connectivity index (χ1n) is 3.62. The van der Waals surface area contributed by atoms with E-state index in [0.29, 0.717) is 11.3 Å². The van der Waals surface area contributed by atoms with Gasteiger partial charge in [0.2, 0.25) is 10.1 Å². The van der Waals surface area contributed by atoms with Crippen molar-refractivity contribution >= 4 is 16.5 Å². The van der Waals surface area contributed by atoms with Crippen LogP contribution in [0.15, 0.2) is 0 Å². The van der Waals surface area contributed by atoms with E-state index >= 15 is 0 Å². The minimum Gasteiger partial charge on any atom is -0.363 e. The Morgan fingerprint density at radius 3 is 2.00 bits per heavy atom. The van der Waals surface area contributed by atoms with Crippen LogP contribution in [0.3, 0.4) is 0 Å². The molecule has 1 rings (SSSR count). The van der Waals surface area contributed by atoms with Crippen molar-refractivity contribution in [3.8, 4) is 0 Å². The zero-order valence-corrected chi connectivity index (χ0v) is 8.25. The SMILES string of the molecule is CC.CNc1nnc(C(F)(F)F)s1. The van der Waals surface area contributed by atoms with Gasteiger partial charge in [-0.2, -0.15) is 13.2 Å². The number of hydrogen-bond acceptors (Lipinski definition) is 4. The Morgan fingerprint density at radius 2 is 1.77 bits per heavy atom. The van der Waals surface area contributed by atoms with Crippen molar-refractivity contribution in [2.45, 2.75) is 20.0 Å². The van der Waals surface area contributed by atoms with E-state index in [-0.39, 0.29) is 5.13 Å². The standard InChI is InChI=1S/C4H4F3N3S.C2H6/c1-8-3-10-9-2(11-3)4(5,6)7;1-2/h1H3,(H,8,10);1-2H3. The van der Waals surface area contributed by atoms with Gasteiger partial charge in [-0.25, -0.2) is 0 Å². The summed E-state index contributed by atoms with van der Waals surface area (Å²) in [7, 11) is 1.49. The molecule has 7 heteroatoms. The van der Waals surface area contributed by atoms with Crippen LogP contribution < -0.4 is 5.32 Å². The first-order chi connectivity index (χ1) is 6.04. The molecule has 1 aromatic heterocycles. The zero-order chi connectivity index (χ0) is 10.5. The number of aromatic nitrogens is 2. The highest BCUT2D eigenvalue weighted by atomic mass is 32.1. The predicted molar refractivity (Wildman–Crippen MR) is 45.8 cm³/mol. The van der Waals surface area contributed by atoms with Crippen LogP contribution in [-0.4, -0.2) is 17.2 Å². The number of rotatable bonds is 1. The molecule has 0 atom stereocenters. The molecule has 0 aliphatic heterocycles. The highest BCUT2D eigenvalue weighted by molar-refractivity contribution is 7.15. The molecule has 0 amide bonds.